The van der Waals surface area contributed by atoms with E-state index in [9.17, 15) is 18.0 Å². The minimum absolute atomic E-state index is 0.0468. The molecule has 0 aliphatic carbocycles. The normalized spacial score (nSPS) is 11.2. The average Bonchev–Trinajstić information content (AvgIpc) is 3.31. The van der Waals surface area contributed by atoms with Gasteiger partial charge in [-0.2, -0.15) is 0 Å². The predicted octanol–water partition coefficient (Wildman–Crippen LogP) is 3.21. The first-order valence-corrected chi connectivity index (χ1v) is 13.0. The molecule has 0 unspecified atom stereocenters. The molecule has 4 aromatic rings. The van der Waals surface area contributed by atoms with E-state index >= 15 is 0 Å². The van der Waals surface area contributed by atoms with Crippen molar-refractivity contribution in [2.24, 2.45) is 0 Å². The number of carbonyl (C=O) groups is 2. The molecule has 2 aromatic heterocycles. The zero-order valence-electron chi connectivity index (χ0n) is 18.1. The highest BCUT2D eigenvalue weighted by molar-refractivity contribution is 7.90. The lowest BCUT2D eigenvalue weighted by Crippen LogP contribution is -2.30. The number of Topliss-reactive ketones (excluding diaryl/α,β-unsaturated/α-hetero) is 1. The quantitative estimate of drug-likeness (QED) is 0.401. The molecule has 1 N–H and O–H groups in total. The molecule has 34 heavy (non-hydrogen) atoms. The Kier molecular flexibility index (Phi) is 6.90. The lowest BCUT2D eigenvalue weighted by atomic mass is 10.1. The smallest absolute Gasteiger partial charge is 0.251 e. The van der Waals surface area contributed by atoms with Gasteiger partial charge in [0.05, 0.1) is 29.2 Å². The molecule has 0 atom stereocenters. The van der Waals surface area contributed by atoms with Crippen LogP contribution in [0.4, 0.5) is 0 Å². The molecule has 10 heteroatoms. The number of nitrogens with zero attached hydrogens (tertiary/aromatic N) is 3. The molecule has 0 aliphatic rings. The van der Waals surface area contributed by atoms with Crippen LogP contribution in [0.2, 0.25) is 0 Å². The number of sulfone groups is 1. The molecule has 0 saturated heterocycles. The van der Waals surface area contributed by atoms with Crippen molar-refractivity contribution in [2.75, 3.05) is 12.8 Å². The number of benzene rings is 2. The summed E-state index contributed by atoms with van der Waals surface area (Å²) in [6.45, 7) is -0.181. The van der Waals surface area contributed by atoms with Crippen LogP contribution in [0.25, 0.3) is 22.5 Å². The van der Waals surface area contributed by atoms with E-state index in [0.29, 0.717) is 5.01 Å². The van der Waals surface area contributed by atoms with Crippen LogP contribution in [0.1, 0.15) is 15.4 Å². The fraction of sp³-hybridized carbons (Fsp3) is 0.125. The maximum Gasteiger partial charge on any atom is 0.251 e. The van der Waals surface area contributed by atoms with Crippen LogP contribution in [-0.4, -0.2) is 47.9 Å². The second-order valence-electron chi connectivity index (χ2n) is 7.50. The van der Waals surface area contributed by atoms with Crippen LogP contribution in [0, 0.1) is 0 Å². The molecule has 4 rings (SSSR count). The van der Waals surface area contributed by atoms with Gasteiger partial charge in [-0.15, -0.1) is 11.3 Å². The fourth-order valence-electron chi connectivity index (χ4n) is 3.20. The number of aromatic nitrogens is 3. The topological polar surface area (TPSA) is 119 Å². The first kappa shape index (κ1) is 23.4. The molecule has 0 saturated carbocycles. The summed E-state index contributed by atoms with van der Waals surface area (Å²) in [5.74, 6) is -0.719. The molecule has 172 valence electrons. The van der Waals surface area contributed by atoms with Gasteiger partial charge < -0.3 is 5.32 Å². The minimum Gasteiger partial charge on any atom is -0.345 e. The number of nitrogens with one attached hydrogen (secondary N) is 1. The molecular formula is C24H20N4O4S2. The number of rotatable bonds is 8. The van der Waals surface area contributed by atoms with E-state index in [1.165, 1.54) is 41.9 Å². The third kappa shape index (κ3) is 5.77. The van der Waals surface area contributed by atoms with Crippen LogP contribution in [-0.2, 0) is 21.1 Å². The van der Waals surface area contributed by atoms with Gasteiger partial charge in [0.15, 0.2) is 15.6 Å². The van der Waals surface area contributed by atoms with Crippen molar-refractivity contribution in [3.05, 3.63) is 83.1 Å². The first-order valence-electron chi connectivity index (χ1n) is 10.2. The Bertz CT molecular complexity index is 1450. The molecule has 0 aliphatic heterocycles. The molecule has 0 radical (unpaired) electrons. The second kappa shape index (κ2) is 10.0. The molecule has 1 amide bonds. The highest BCUT2D eigenvalue weighted by Crippen LogP contribution is 2.26. The fourth-order valence-corrected chi connectivity index (χ4v) is 4.70. The predicted molar refractivity (Wildman–Crippen MR) is 129 cm³/mol. The summed E-state index contributed by atoms with van der Waals surface area (Å²) in [4.78, 5) is 37.5. The number of hydrogen-bond acceptors (Lipinski definition) is 8. The lowest BCUT2D eigenvalue weighted by molar-refractivity contribution is -0.117. The van der Waals surface area contributed by atoms with Crippen molar-refractivity contribution >= 4 is 32.9 Å². The Labute approximate surface area is 200 Å². The zero-order valence-corrected chi connectivity index (χ0v) is 19.8. The minimum atomic E-state index is -3.43. The van der Waals surface area contributed by atoms with E-state index in [2.05, 4.69) is 20.3 Å². The first-order chi connectivity index (χ1) is 16.3. The monoisotopic (exact) mass is 492 g/mol. The molecule has 2 heterocycles. The second-order valence-corrected chi connectivity index (χ2v) is 10.5. The summed E-state index contributed by atoms with van der Waals surface area (Å²) in [5, 5.41) is 5.07. The van der Waals surface area contributed by atoms with Gasteiger partial charge in [-0.05, 0) is 30.3 Å². The zero-order chi connectivity index (χ0) is 24.1. The Hall–Kier alpha value is -3.76. The summed E-state index contributed by atoms with van der Waals surface area (Å²) < 4.78 is 23.4. The summed E-state index contributed by atoms with van der Waals surface area (Å²) in [7, 11) is -3.43. The van der Waals surface area contributed by atoms with E-state index in [0.717, 1.165) is 28.8 Å². The van der Waals surface area contributed by atoms with Crippen molar-refractivity contribution in [2.45, 2.75) is 11.3 Å². The van der Waals surface area contributed by atoms with E-state index in [4.69, 9.17) is 0 Å². The van der Waals surface area contributed by atoms with Crippen molar-refractivity contribution in [1.82, 2.24) is 20.3 Å². The summed E-state index contributed by atoms with van der Waals surface area (Å²) >= 11 is 1.37. The van der Waals surface area contributed by atoms with Gasteiger partial charge in [0.2, 0.25) is 0 Å². The average molecular weight is 493 g/mol. The molecule has 2 aromatic carbocycles. The van der Waals surface area contributed by atoms with Gasteiger partial charge in [-0.25, -0.2) is 23.4 Å². The lowest BCUT2D eigenvalue weighted by Gasteiger charge is -2.06. The molecule has 8 nitrogen and oxygen atoms in total. The third-order valence-corrected chi connectivity index (χ3v) is 6.87. The van der Waals surface area contributed by atoms with Gasteiger partial charge in [0.25, 0.3) is 5.91 Å². The van der Waals surface area contributed by atoms with E-state index in [-0.39, 0.29) is 29.2 Å². The van der Waals surface area contributed by atoms with E-state index in [1.54, 1.807) is 6.20 Å². The standard InChI is InChI=1S/C24H20N4O4S2/c1-34(31,32)20-7-3-6-18(11-20)24(30)26-13-19(29)12-23-28-22(14-33-23)17-5-2-4-16(10-17)21-8-9-25-15-27-21/h2-11,14-15H,12-13H2,1H3,(H,26,30). The van der Waals surface area contributed by atoms with Crippen LogP contribution in [0.5, 0.6) is 0 Å². The summed E-state index contributed by atoms with van der Waals surface area (Å²) in [6.07, 6.45) is 4.33. The summed E-state index contributed by atoms with van der Waals surface area (Å²) in [6, 6.07) is 15.3. The molecule has 0 bridgehead atoms. The SMILES string of the molecule is CS(=O)(=O)c1cccc(C(=O)NCC(=O)Cc2nc(-c3cccc(-c4ccncn4)c3)cs2)c1. The maximum atomic E-state index is 12.4. The number of carbonyl (C=O) groups excluding carboxylic acids is 2. The van der Waals surface area contributed by atoms with Gasteiger partial charge >= 0.3 is 0 Å². The Morgan fingerprint density at radius 1 is 1.00 bits per heavy atom. The molecular weight excluding hydrogens is 472 g/mol. The highest BCUT2D eigenvalue weighted by Gasteiger charge is 2.14. The van der Waals surface area contributed by atoms with Crippen LogP contribution >= 0.6 is 11.3 Å². The Morgan fingerprint density at radius 2 is 1.76 bits per heavy atom. The van der Waals surface area contributed by atoms with Crippen LogP contribution in [0.15, 0.2) is 77.4 Å². The van der Waals surface area contributed by atoms with Crippen molar-refractivity contribution in [3.63, 3.8) is 0 Å². The highest BCUT2D eigenvalue weighted by atomic mass is 32.2. The van der Waals surface area contributed by atoms with Crippen LogP contribution in [0.3, 0.4) is 0 Å². The maximum absolute atomic E-state index is 12.4. The van der Waals surface area contributed by atoms with Crippen molar-refractivity contribution in [1.29, 1.82) is 0 Å². The number of ketones is 1. The van der Waals surface area contributed by atoms with E-state index < -0.39 is 15.7 Å². The van der Waals surface area contributed by atoms with Gasteiger partial charge in [-0.3, -0.25) is 9.59 Å². The Morgan fingerprint density at radius 3 is 2.50 bits per heavy atom. The Balaban J connectivity index is 1.37. The van der Waals surface area contributed by atoms with Gasteiger partial charge in [-0.1, -0.05) is 24.3 Å². The van der Waals surface area contributed by atoms with Crippen LogP contribution < -0.4 is 5.32 Å². The summed E-state index contributed by atoms with van der Waals surface area (Å²) in [5.41, 5.74) is 3.58. The van der Waals surface area contributed by atoms with Gasteiger partial charge in [0, 0.05) is 34.5 Å². The van der Waals surface area contributed by atoms with Gasteiger partial charge in [0.1, 0.15) is 11.3 Å². The molecule has 0 spiro atoms. The van der Waals surface area contributed by atoms with Crippen molar-refractivity contribution < 1.29 is 18.0 Å². The number of amides is 1. The van der Waals surface area contributed by atoms with E-state index in [1.807, 2.05) is 35.7 Å². The third-order valence-electron chi connectivity index (χ3n) is 4.91. The number of thiazole rings is 1. The molecule has 0 fully saturated rings. The van der Waals surface area contributed by atoms with Crippen molar-refractivity contribution in [3.8, 4) is 22.5 Å². The number of hydrogen-bond donors (Lipinski definition) is 1. The largest absolute Gasteiger partial charge is 0.345 e.